The van der Waals surface area contributed by atoms with E-state index in [2.05, 4.69) is 16.0 Å². The fourth-order valence-electron chi connectivity index (χ4n) is 4.13. The molecule has 200 valence electrons. The molecule has 3 heterocycles. The fraction of sp³-hybridized carbons (Fsp3) is 0.667. The Labute approximate surface area is 214 Å². The van der Waals surface area contributed by atoms with E-state index in [9.17, 15) is 14.4 Å². The van der Waals surface area contributed by atoms with Crippen molar-refractivity contribution in [2.45, 2.75) is 102 Å². The molecule has 0 saturated carbocycles. The molecule has 3 N–H and O–H groups in total. The van der Waals surface area contributed by atoms with E-state index in [0.717, 1.165) is 24.2 Å². The summed E-state index contributed by atoms with van der Waals surface area (Å²) in [5.41, 5.74) is 0.382. The van der Waals surface area contributed by atoms with Crippen LogP contribution in [0.4, 0.5) is 4.79 Å². The Bertz CT molecular complexity index is 878. The molecule has 4 rings (SSSR count). The molecule has 0 spiro atoms. The lowest BCUT2D eigenvalue weighted by molar-refractivity contribution is -0.130. The number of fused-ring (bicyclic) bond motifs is 14. The van der Waals surface area contributed by atoms with Gasteiger partial charge in [0.1, 0.15) is 29.5 Å². The standard InChI is InChI=1S/C27H41N3O6/c1-5-6-9-20-24(31)29-22(23-17-35-23)16-18-11-13-19(14-12-18)34-15-8-7-10-21(25(32)28-20)30-26(33)36-27(2,3)4/h11-14,20-23H,5-10,15-17H2,1-4H3,(H,28,32)(H,29,31)(H,30,33)/t20-,21+,22+,23-/m1/s1. The molecule has 1 saturated heterocycles. The Morgan fingerprint density at radius 2 is 1.83 bits per heavy atom. The number of amides is 3. The number of carbonyl (C=O) groups is 3. The first-order chi connectivity index (χ1) is 17.1. The summed E-state index contributed by atoms with van der Waals surface area (Å²) >= 11 is 0. The number of carbonyl (C=O) groups excluding carboxylic acids is 3. The number of ether oxygens (including phenoxy) is 3. The maximum absolute atomic E-state index is 13.3. The molecule has 9 nitrogen and oxygen atoms in total. The van der Waals surface area contributed by atoms with Gasteiger partial charge < -0.3 is 30.2 Å². The largest absolute Gasteiger partial charge is 0.494 e. The van der Waals surface area contributed by atoms with E-state index in [4.69, 9.17) is 14.2 Å². The number of rotatable bonds is 5. The zero-order valence-corrected chi connectivity index (χ0v) is 21.9. The molecule has 0 unspecified atom stereocenters. The molecule has 3 amide bonds. The van der Waals surface area contributed by atoms with Gasteiger partial charge in [-0.25, -0.2) is 4.79 Å². The molecular weight excluding hydrogens is 462 g/mol. The monoisotopic (exact) mass is 503 g/mol. The Kier molecular flexibility index (Phi) is 9.98. The van der Waals surface area contributed by atoms with Crippen molar-refractivity contribution < 1.29 is 28.6 Å². The zero-order chi connectivity index (χ0) is 26.1. The van der Waals surface area contributed by atoms with Crippen molar-refractivity contribution >= 4 is 17.9 Å². The molecule has 1 fully saturated rings. The average molecular weight is 504 g/mol. The van der Waals surface area contributed by atoms with Gasteiger partial charge in [0.2, 0.25) is 11.8 Å². The molecule has 0 aliphatic carbocycles. The van der Waals surface area contributed by atoms with Crippen molar-refractivity contribution in [2.24, 2.45) is 0 Å². The van der Waals surface area contributed by atoms with E-state index in [1.165, 1.54) is 0 Å². The second-order valence-corrected chi connectivity index (χ2v) is 10.6. The quantitative estimate of drug-likeness (QED) is 0.531. The molecule has 36 heavy (non-hydrogen) atoms. The molecule has 0 radical (unpaired) electrons. The van der Waals surface area contributed by atoms with E-state index in [-0.39, 0.29) is 18.1 Å². The Balaban J connectivity index is 1.79. The summed E-state index contributed by atoms with van der Waals surface area (Å²) in [5.74, 6) is 0.137. The highest BCUT2D eigenvalue weighted by atomic mass is 16.6. The van der Waals surface area contributed by atoms with Gasteiger partial charge in [-0.2, -0.15) is 0 Å². The molecular formula is C27H41N3O6. The van der Waals surface area contributed by atoms with Crippen molar-refractivity contribution in [3.63, 3.8) is 0 Å². The van der Waals surface area contributed by atoms with E-state index in [1.807, 2.05) is 31.2 Å². The lowest BCUT2D eigenvalue weighted by Gasteiger charge is -2.26. The minimum absolute atomic E-state index is 0.0453. The average Bonchev–Trinajstić information content (AvgIpc) is 3.65. The van der Waals surface area contributed by atoms with Gasteiger partial charge in [-0.1, -0.05) is 31.9 Å². The first-order valence-corrected chi connectivity index (χ1v) is 13.1. The summed E-state index contributed by atoms with van der Waals surface area (Å²) in [6, 6.07) is 6.15. The second-order valence-electron chi connectivity index (χ2n) is 10.6. The van der Waals surface area contributed by atoms with Crippen LogP contribution in [0, 0.1) is 0 Å². The van der Waals surface area contributed by atoms with Crippen LogP contribution in [0.5, 0.6) is 5.75 Å². The molecule has 1 aromatic carbocycles. The Morgan fingerprint density at radius 3 is 2.47 bits per heavy atom. The van der Waals surface area contributed by atoms with Gasteiger partial charge in [0, 0.05) is 0 Å². The summed E-state index contributed by atoms with van der Waals surface area (Å²) in [7, 11) is 0. The molecule has 3 aliphatic heterocycles. The topological polar surface area (TPSA) is 118 Å². The smallest absolute Gasteiger partial charge is 0.408 e. The number of benzene rings is 1. The number of alkyl carbamates (subject to hydrolysis) is 1. The highest BCUT2D eigenvalue weighted by molar-refractivity contribution is 5.91. The lowest BCUT2D eigenvalue weighted by Crippen LogP contribution is -2.56. The summed E-state index contributed by atoms with van der Waals surface area (Å²) in [6.45, 7) is 8.44. The van der Waals surface area contributed by atoms with Gasteiger partial charge in [0.05, 0.1) is 19.3 Å². The predicted molar refractivity (Wildman–Crippen MR) is 136 cm³/mol. The first kappa shape index (κ1) is 27.8. The maximum atomic E-state index is 13.3. The van der Waals surface area contributed by atoms with Gasteiger partial charge in [0.25, 0.3) is 0 Å². The van der Waals surface area contributed by atoms with E-state index in [1.54, 1.807) is 20.8 Å². The van der Waals surface area contributed by atoms with Crippen LogP contribution >= 0.6 is 0 Å². The summed E-state index contributed by atoms with van der Waals surface area (Å²) in [6.07, 6.45) is 3.85. The van der Waals surface area contributed by atoms with Crippen LogP contribution in [-0.4, -0.2) is 61.0 Å². The van der Waals surface area contributed by atoms with Crippen LogP contribution in [0.15, 0.2) is 24.3 Å². The van der Waals surface area contributed by atoms with Crippen LogP contribution in [0.25, 0.3) is 0 Å². The third kappa shape index (κ3) is 9.33. The van der Waals surface area contributed by atoms with Crippen LogP contribution in [-0.2, 0) is 25.5 Å². The summed E-state index contributed by atoms with van der Waals surface area (Å²) < 4.78 is 16.7. The first-order valence-electron chi connectivity index (χ1n) is 13.1. The minimum atomic E-state index is -0.825. The fourth-order valence-corrected chi connectivity index (χ4v) is 4.13. The highest BCUT2D eigenvalue weighted by Gasteiger charge is 2.36. The van der Waals surface area contributed by atoms with E-state index < -0.39 is 29.7 Å². The molecule has 3 aliphatic rings. The lowest BCUT2D eigenvalue weighted by atomic mass is 10.0. The van der Waals surface area contributed by atoms with Crippen LogP contribution in [0.2, 0.25) is 0 Å². The number of nitrogens with one attached hydrogen (secondary N) is 3. The van der Waals surface area contributed by atoms with E-state index >= 15 is 0 Å². The van der Waals surface area contributed by atoms with Gasteiger partial charge in [-0.15, -0.1) is 0 Å². The van der Waals surface area contributed by atoms with Crippen molar-refractivity contribution in [3.8, 4) is 5.75 Å². The van der Waals surface area contributed by atoms with Crippen LogP contribution in [0.3, 0.4) is 0 Å². The van der Waals surface area contributed by atoms with Crippen molar-refractivity contribution in [3.05, 3.63) is 29.8 Å². The van der Waals surface area contributed by atoms with Crippen molar-refractivity contribution in [2.75, 3.05) is 13.2 Å². The third-order valence-electron chi connectivity index (χ3n) is 6.16. The Morgan fingerprint density at radius 1 is 1.11 bits per heavy atom. The molecule has 9 heteroatoms. The summed E-state index contributed by atoms with van der Waals surface area (Å²) in [5, 5.41) is 8.69. The molecule has 0 aromatic heterocycles. The van der Waals surface area contributed by atoms with Crippen LogP contribution < -0.4 is 20.7 Å². The Hall–Kier alpha value is -2.81. The van der Waals surface area contributed by atoms with E-state index in [0.29, 0.717) is 45.3 Å². The van der Waals surface area contributed by atoms with Gasteiger partial charge >= 0.3 is 6.09 Å². The van der Waals surface area contributed by atoms with Crippen molar-refractivity contribution in [1.29, 1.82) is 0 Å². The number of hydrogen-bond acceptors (Lipinski definition) is 6. The van der Waals surface area contributed by atoms with Gasteiger partial charge in [-0.05, 0) is 70.6 Å². The second kappa shape index (κ2) is 12.9. The number of unbranched alkanes of at least 4 members (excludes halogenated alkanes) is 1. The van der Waals surface area contributed by atoms with Gasteiger partial charge in [-0.3, -0.25) is 9.59 Å². The normalized spacial score (nSPS) is 25.7. The molecule has 2 bridgehead atoms. The predicted octanol–water partition coefficient (Wildman–Crippen LogP) is 3.24. The van der Waals surface area contributed by atoms with Crippen LogP contribution in [0.1, 0.15) is 71.8 Å². The number of hydrogen-bond donors (Lipinski definition) is 3. The third-order valence-corrected chi connectivity index (χ3v) is 6.16. The highest BCUT2D eigenvalue weighted by Crippen LogP contribution is 2.21. The minimum Gasteiger partial charge on any atom is -0.494 e. The zero-order valence-electron chi connectivity index (χ0n) is 21.9. The van der Waals surface area contributed by atoms with Gasteiger partial charge in [0.15, 0.2) is 0 Å². The molecule has 1 aromatic rings. The maximum Gasteiger partial charge on any atom is 0.408 e. The number of epoxide rings is 1. The molecule has 4 atom stereocenters. The van der Waals surface area contributed by atoms with Crippen molar-refractivity contribution in [1.82, 2.24) is 16.0 Å². The summed E-state index contributed by atoms with van der Waals surface area (Å²) in [4.78, 5) is 39.0. The SMILES string of the molecule is CCCC[C@H]1NC(=O)[C@@H](NC(=O)OC(C)(C)C)CCCCOc2ccc(cc2)C[C@@H]([C@H]2CO2)NC1=O.